The molecule has 4 nitrogen and oxygen atoms in total. The highest BCUT2D eigenvalue weighted by Gasteiger charge is 2.33. The number of rotatable bonds is 5. The van der Waals surface area contributed by atoms with Crippen molar-refractivity contribution in [3.8, 4) is 0 Å². The molecule has 118 valence electrons. The van der Waals surface area contributed by atoms with E-state index in [0.717, 1.165) is 32.1 Å². The summed E-state index contributed by atoms with van der Waals surface area (Å²) in [5.41, 5.74) is 1.35. The van der Waals surface area contributed by atoms with Gasteiger partial charge in [-0.15, -0.1) is 0 Å². The minimum absolute atomic E-state index is 0.117. The van der Waals surface area contributed by atoms with E-state index < -0.39 is 10.0 Å². The maximum Gasteiger partial charge on any atom is 0.243 e. The average Bonchev–Trinajstić information content (AvgIpc) is 2.48. The third-order valence-corrected chi connectivity index (χ3v) is 6.44. The third-order valence-electron chi connectivity index (χ3n) is 4.35. The molecular weight excluding hydrogens is 286 g/mol. The number of sulfonamides is 1. The molecule has 21 heavy (non-hydrogen) atoms. The van der Waals surface area contributed by atoms with Gasteiger partial charge in [-0.25, -0.2) is 8.42 Å². The van der Waals surface area contributed by atoms with Crippen molar-refractivity contribution in [1.82, 2.24) is 4.31 Å². The topological polar surface area (TPSA) is 57.6 Å². The summed E-state index contributed by atoms with van der Waals surface area (Å²) in [5.74, 6) is 0. The standard InChI is InChI=1S/C16H25NO3S/c1-3-7-15-9-4-5-11-17(15)21(19,20)16-10-6-8-14(12-18)13(16)2/h6,8,10,15,18H,3-5,7,9,11-12H2,1-2H3. The Morgan fingerprint density at radius 2 is 2.10 bits per heavy atom. The molecule has 2 rings (SSSR count). The van der Waals surface area contributed by atoms with E-state index in [1.807, 2.05) is 0 Å². The van der Waals surface area contributed by atoms with E-state index >= 15 is 0 Å². The molecule has 1 aromatic carbocycles. The van der Waals surface area contributed by atoms with E-state index in [1.54, 1.807) is 29.4 Å². The number of hydrogen-bond donors (Lipinski definition) is 1. The molecule has 0 amide bonds. The Balaban J connectivity index is 2.40. The van der Waals surface area contributed by atoms with Crippen molar-refractivity contribution in [2.45, 2.75) is 63.5 Å². The fourth-order valence-electron chi connectivity index (χ4n) is 3.15. The molecule has 1 fully saturated rings. The first-order valence-corrected chi connectivity index (χ1v) is 9.17. The van der Waals surface area contributed by atoms with Gasteiger partial charge in [0.15, 0.2) is 0 Å². The first kappa shape index (κ1) is 16.5. The van der Waals surface area contributed by atoms with Crippen LogP contribution in [0.3, 0.4) is 0 Å². The lowest BCUT2D eigenvalue weighted by Crippen LogP contribution is -2.43. The molecule has 0 saturated carbocycles. The molecule has 0 spiro atoms. The van der Waals surface area contributed by atoms with Gasteiger partial charge in [0.2, 0.25) is 10.0 Å². The highest BCUT2D eigenvalue weighted by molar-refractivity contribution is 7.89. The van der Waals surface area contributed by atoms with Crippen molar-refractivity contribution < 1.29 is 13.5 Å². The van der Waals surface area contributed by atoms with Crippen LogP contribution in [-0.4, -0.2) is 30.4 Å². The van der Waals surface area contributed by atoms with Crippen molar-refractivity contribution in [3.05, 3.63) is 29.3 Å². The Bertz CT molecular complexity index is 581. The lowest BCUT2D eigenvalue weighted by atomic mass is 10.0. The molecule has 1 aliphatic heterocycles. The molecule has 1 aromatic rings. The maximum atomic E-state index is 13.0. The molecule has 0 bridgehead atoms. The zero-order valence-electron chi connectivity index (χ0n) is 12.9. The summed E-state index contributed by atoms with van der Waals surface area (Å²) in [6, 6.07) is 5.26. The molecule has 1 atom stereocenters. The second kappa shape index (κ2) is 6.90. The molecule has 1 N–H and O–H groups in total. The second-order valence-corrected chi connectivity index (χ2v) is 7.61. The average molecular weight is 311 g/mol. The molecule has 1 unspecified atom stereocenters. The summed E-state index contributed by atoms with van der Waals surface area (Å²) >= 11 is 0. The van der Waals surface area contributed by atoms with Crippen LogP contribution in [0.25, 0.3) is 0 Å². The highest BCUT2D eigenvalue weighted by atomic mass is 32.2. The smallest absolute Gasteiger partial charge is 0.243 e. The first-order chi connectivity index (χ1) is 10.0. The fraction of sp³-hybridized carbons (Fsp3) is 0.625. The summed E-state index contributed by atoms with van der Waals surface area (Å²) in [6.07, 6.45) is 4.89. The van der Waals surface area contributed by atoms with E-state index in [-0.39, 0.29) is 12.6 Å². The van der Waals surface area contributed by atoms with Crippen molar-refractivity contribution in [2.24, 2.45) is 0 Å². The summed E-state index contributed by atoms with van der Waals surface area (Å²) in [4.78, 5) is 0.344. The van der Waals surface area contributed by atoms with Crippen molar-refractivity contribution >= 4 is 10.0 Å². The Kier molecular flexibility index (Phi) is 5.41. The number of hydrogen-bond acceptors (Lipinski definition) is 3. The van der Waals surface area contributed by atoms with E-state index in [0.29, 0.717) is 22.6 Å². The molecule has 0 radical (unpaired) electrons. The Labute approximate surface area is 127 Å². The summed E-state index contributed by atoms with van der Waals surface area (Å²) in [6.45, 7) is 4.34. The summed E-state index contributed by atoms with van der Waals surface area (Å²) < 4.78 is 27.7. The minimum Gasteiger partial charge on any atom is -0.392 e. The molecule has 1 saturated heterocycles. The van der Waals surface area contributed by atoms with Crippen LogP contribution in [0.15, 0.2) is 23.1 Å². The van der Waals surface area contributed by atoms with E-state index in [2.05, 4.69) is 6.92 Å². The first-order valence-electron chi connectivity index (χ1n) is 7.73. The van der Waals surface area contributed by atoms with Crippen molar-refractivity contribution in [2.75, 3.05) is 6.54 Å². The SMILES string of the molecule is CCCC1CCCCN1S(=O)(=O)c1cccc(CO)c1C. The molecule has 1 heterocycles. The normalized spacial score (nSPS) is 20.6. The van der Waals surface area contributed by atoms with Gasteiger partial charge < -0.3 is 5.11 Å². The van der Waals surface area contributed by atoms with Crippen LogP contribution >= 0.6 is 0 Å². The lowest BCUT2D eigenvalue weighted by molar-refractivity contribution is 0.239. The van der Waals surface area contributed by atoms with Crippen LogP contribution in [0.5, 0.6) is 0 Å². The molecule has 1 aliphatic rings. The van der Waals surface area contributed by atoms with Gasteiger partial charge in [-0.05, 0) is 43.4 Å². The minimum atomic E-state index is -3.47. The summed E-state index contributed by atoms with van der Waals surface area (Å²) in [7, 11) is -3.47. The van der Waals surface area contributed by atoms with Crippen molar-refractivity contribution in [3.63, 3.8) is 0 Å². The Hall–Kier alpha value is -0.910. The largest absolute Gasteiger partial charge is 0.392 e. The maximum absolute atomic E-state index is 13.0. The van der Waals surface area contributed by atoms with Crippen LogP contribution in [-0.2, 0) is 16.6 Å². The van der Waals surface area contributed by atoms with Crippen LogP contribution in [0.1, 0.15) is 50.2 Å². The van der Waals surface area contributed by atoms with Crippen LogP contribution in [0.2, 0.25) is 0 Å². The van der Waals surface area contributed by atoms with Gasteiger partial charge in [0.1, 0.15) is 0 Å². The van der Waals surface area contributed by atoms with E-state index in [4.69, 9.17) is 0 Å². The lowest BCUT2D eigenvalue weighted by Gasteiger charge is -2.35. The van der Waals surface area contributed by atoms with Crippen LogP contribution in [0.4, 0.5) is 0 Å². The third kappa shape index (κ3) is 3.30. The number of nitrogens with zero attached hydrogens (tertiary/aromatic N) is 1. The van der Waals surface area contributed by atoms with E-state index in [9.17, 15) is 13.5 Å². The van der Waals surface area contributed by atoms with Gasteiger partial charge in [0, 0.05) is 12.6 Å². The number of benzene rings is 1. The number of piperidine rings is 1. The zero-order valence-corrected chi connectivity index (χ0v) is 13.7. The van der Waals surface area contributed by atoms with Gasteiger partial charge >= 0.3 is 0 Å². The van der Waals surface area contributed by atoms with Gasteiger partial charge in [-0.3, -0.25) is 0 Å². The molecule has 0 aliphatic carbocycles. The second-order valence-electron chi connectivity index (χ2n) is 5.75. The quantitative estimate of drug-likeness (QED) is 0.909. The van der Waals surface area contributed by atoms with Crippen molar-refractivity contribution in [1.29, 1.82) is 0 Å². The predicted octanol–water partition coefficient (Wildman–Crippen LogP) is 2.83. The zero-order chi connectivity index (χ0) is 15.5. The van der Waals surface area contributed by atoms with Gasteiger partial charge in [0.05, 0.1) is 11.5 Å². The predicted molar refractivity (Wildman–Crippen MR) is 83.5 cm³/mol. The number of aliphatic hydroxyl groups is 1. The van der Waals surface area contributed by atoms with E-state index in [1.165, 1.54) is 0 Å². The van der Waals surface area contributed by atoms with Gasteiger partial charge in [-0.1, -0.05) is 31.9 Å². The highest BCUT2D eigenvalue weighted by Crippen LogP contribution is 2.30. The molecule has 5 heteroatoms. The number of aliphatic hydroxyl groups excluding tert-OH is 1. The summed E-state index contributed by atoms with van der Waals surface area (Å²) in [5, 5.41) is 9.35. The monoisotopic (exact) mass is 311 g/mol. The van der Waals surface area contributed by atoms with Crippen LogP contribution in [0, 0.1) is 6.92 Å². The molecule has 0 aromatic heterocycles. The Morgan fingerprint density at radius 3 is 2.76 bits per heavy atom. The van der Waals surface area contributed by atoms with Gasteiger partial charge in [0.25, 0.3) is 0 Å². The van der Waals surface area contributed by atoms with Gasteiger partial charge in [-0.2, -0.15) is 4.31 Å². The Morgan fingerprint density at radius 1 is 1.33 bits per heavy atom. The molecular formula is C16H25NO3S. The van der Waals surface area contributed by atoms with Crippen LogP contribution < -0.4 is 0 Å². The fourth-order valence-corrected chi connectivity index (χ4v) is 5.14.